The molecule has 2 aromatic rings. The molecule has 22 heavy (non-hydrogen) atoms. The molecule has 0 bridgehead atoms. The average Bonchev–Trinajstić information content (AvgIpc) is 3.02. The Morgan fingerprint density at radius 2 is 1.86 bits per heavy atom. The summed E-state index contributed by atoms with van der Waals surface area (Å²) >= 11 is 0. The molecule has 8 nitrogen and oxygen atoms in total. The van der Waals surface area contributed by atoms with Crippen LogP contribution in [0.4, 0.5) is 0 Å². The summed E-state index contributed by atoms with van der Waals surface area (Å²) in [7, 11) is -3.18. The number of aromatic amines is 1. The minimum absolute atomic E-state index is 0.0871. The molecule has 1 amide bonds. The molecule has 0 aliphatic carbocycles. The lowest BCUT2D eigenvalue weighted by molar-refractivity contribution is 0.0698. The quantitative estimate of drug-likeness (QED) is 0.861. The maximum absolute atomic E-state index is 12.5. The predicted molar refractivity (Wildman–Crippen MR) is 80.8 cm³/mol. The number of nitrogens with one attached hydrogen (secondary N) is 1. The van der Waals surface area contributed by atoms with E-state index in [4.69, 9.17) is 0 Å². The lowest BCUT2D eigenvalue weighted by Gasteiger charge is -2.33. The van der Waals surface area contributed by atoms with E-state index >= 15 is 0 Å². The minimum Gasteiger partial charge on any atom is -0.336 e. The third-order valence-corrected chi connectivity index (χ3v) is 5.73. The Bertz CT molecular complexity index is 793. The van der Waals surface area contributed by atoms with Gasteiger partial charge in [-0.05, 0) is 25.1 Å². The van der Waals surface area contributed by atoms with Crippen LogP contribution in [0.25, 0.3) is 11.0 Å². The standard InChI is InChI=1S/C13H17N5O3S/c1-2-22(20,21)18-7-5-17(6-8-18)13(19)10-3-4-11-12(9-10)15-16-14-11/h3-4,9H,2,5-8H2,1H3,(H,14,15,16). The van der Waals surface area contributed by atoms with E-state index in [-0.39, 0.29) is 11.7 Å². The first-order valence-corrected chi connectivity index (χ1v) is 8.70. The van der Waals surface area contributed by atoms with Crippen LogP contribution in [-0.2, 0) is 10.0 Å². The zero-order valence-corrected chi connectivity index (χ0v) is 13.0. The maximum atomic E-state index is 12.5. The van der Waals surface area contributed by atoms with Gasteiger partial charge in [0.25, 0.3) is 5.91 Å². The highest BCUT2D eigenvalue weighted by Gasteiger charge is 2.28. The van der Waals surface area contributed by atoms with E-state index in [0.717, 1.165) is 0 Å². The van der Waals surface area contributed by atoms with Gasteiger partial charge in [-0.3, -0.25) is 4.79 Å². The zero-order chi connectivity index (χ0) is 15.7. The first kappa shape index (κ1) is 14.9. The summed E-state index contributed by atoms with van der Waals surface area (Å²) in [5.41, 5.74) is 1.88. The monoisotopic (exact) mass is 323 g/mol. The Morgan fingerprint density at radius 3 is 2.55 bits per heavy atom. The molecule has 0 atom stereocenters. The Hall–Kier alpha value is -2.00. The van der Waals surface area contributed by atoms with Crippen molar-refractivity contribution in [3.8, 4) is 0 Å². The summed E-state index contributed by atoms with van der Waals surface area (Å²) in [5, 5.41) is 10.4. The molecule has 1 aromatic heterocycles. The van der Waals surface area contributed by atoms with Crippen LogP contribution in [0, 0.1) is 0 Å². The van der Waals surface area contributed by atoms with E-state index in [1.54, 1.807) is 30.0 Å². The van der Waals surface area contributed by atoms with Crippen molar-refractivity contribution in [2.45, 2.75) is 6.92 Å². The maximum Gasteiger partial charge on any atom is 0.254 e. The topological polar surface area (TPSA) is 99.3 Å². The van der Waals surface area contributed by atoms with Crippen molar-refractivity contribution in [2.75, 3.05) is 31.9 Å². The van der Waals surface area contributed by atoms with Crippen LogP contribution in [0.2, 0.25) is 0 Å². The number of nitrogens with zero attached hydrogens (tertiary/aromatic N) is 4. The number of hydrogen-bond donors (Lipinski definition) is 1. The number of aromatic nitrogens is 3. The normalized spacial score (nSPS) is 17.0. The van der Waals surface area contributed by atoms with Gasteiger partial charge in [-0.25, -0.2) is 8.42 Å². The molecule has 1 aliphatic rings. The number of piperazine rings is 1. The van der Waals surface area contributed by atoms with Crippen LogP contribution >= 0.6 is 0 Å². The van der Waals surface area contributed by atoms with E-state index in [1.807, 2.05) is 0 Å². The van der Waals surface area contributed by atoms with E-state index in [2.05, 4.69) is 15.4 Å². The van der Waals surface area contributed by atoms with Crippen molar-refractivity contribution in [3.63, 3.8) is 0 Å². The SMILES string of the molecule is CCS(=O)(=O)N1CCN(C(=O)c2ccc3n[nH]nc3c2)CC1. The van der Waals surface area contributed by atoms with Crippen LogP contribution in [0.5, 0.6) is 0 Å². The molecule has 1 N–H and O–H groups in total. The predicted octanol–water partition coefficient (Wildman–Crippen LogP) is 0.0654. The second-order valence-electron chi connectivity index (χ2n) is 5.12. The van der Waals surface area contributed by atoms with Gasteiger partial charge in [0.2, 0.25) is 10.0 Å². The molecule has 118 valence electrons. The lowest BCUT2D eigenvalue weighted by atomic mass is 10.1. The van der Waals surface area contributed by atoms with Crippen molar-refractivity contribution in [1.29, 1.82) is 0 Å². The van der Waals surface area contributed by atoms with E-state index < -0.39 is 10.0 Å². The van der Waals surface area contributed by atoms with Gasteiger partial charge in [-0.15, -0.1) is 0 Å². The number of carbonyl (C=O) groups excluding carboxylic acids is 1. The molecular formula is C13H17N5O3S. The molecule has 1 saturated heterocycles. The summed E-state index contributed by atoms with van der Waals surface area (Å²) in [6, 6.07) is 5.14. The Labute approximate surface area is 128 Å². The zero-order valence-electron chi connectivity index (χ0n) is 12.2. The number of hydrogen-bond acceptors (Lipinski definition) is 5. The van der Waals surface area contributed by atoms with Crippen molar-refractivity contribution < 1.29 is 13.2 Å². The Morgan fingerprint density at radius 1 is 1.18 bits per heavy atom. The van der Waals surface area contributed by atoms with Gasteiger partial charge in [0, 0.05) is 31.7 Å². The summed E-state index contributed by atoms with van der Waals surface area (Å²) in [4.78, 5) is 14.2. The number of rotatable bonds is 3. The first-order valence-electron chi connectivity index (χ1n) is 7.09. The van der Waals surface area contributed by atoms with Crippen LogP contribution in [-0.4, -0.2) is 70.9 Å². The molecule has 3 rings (SSSR count). The smallest absolute Gasteiger partial charge is 0.254 e. The third-order valence-electron chi connectivity index (χ3n) is 3.85. The van der Waals surface area contributed by atoms with Gasteiger partial charge >= 0.3 is 0 Å². The van der Waals surface area contributed by atoms with E-state index in [9.17, 15) is 13.2 Å². The first-order chi connectivity index (χ1) is 10.5. The summed E-state index contributed by atoms with van der Waals surface area (Å²) in [6.07, 6.45) is 0. The summed E-state index contributed by atoms with van der Waals surface area (Å²) < 4.78 is 25.1. The highest BCUT2D eigenvalue weighted by atomic mass is 32.2. The van der Waals surface area contributed by atoms with Crippen LogP contribution in [0.3, 0.4) is 0 Å². The van der Waals surface area contributed by atoms with Crippen molar-refractivity contribution >= 4 is 27.0 Å². The number of H-pyrrole nitrogens is 1. The molecule has 1 aliphatic heterocycles. The van der Waals surface area contributed by atoms with Crippen molar-refractivity contribution in [1.82, 2.24) is 24.6 Å². The summed E-state index contributed by atoms with van der Waals surface area (Å²) in [6.45, 7) is 3.10. The number of benzene rings is 1. The van der Waals surface area contributed by atoms with E-state index in [1.165, 1.54) is 4.31 Å². The van der Waals surface area contributed by atoms with Crippen molar-refractivity contribution in [3.05, 3.63) is 23.8 Å². The number of amides is 1. The second kappa shape index (κ2) is 5.65. The second-order valence-corrected chi connectivity index (χ2v) is 7.38. The molecule has 0 unspecified atom stereocenters. The molecular weight excluding hydrogens is 306 g/mol. The van der Waals surface area contributed by atoms with Crippen LogP contribution in [0.15, 0.2) is 18.2 Å². The fourth-order valence-electron chi connectivity index (χ4n) is 2.51. The Kier molecular flexibility index (Phi) is 3.83. The van der Waals surface area contributed by atoms with Gasteiger partial charge in [0.05, 0.1) is 5.75 Å². The lowest BCUT2D eigenvalue weighted by Crippen LogP contribution is -2.50. The fraction of sp³-hybridized carbons (Fsp3) is 0.462. The molecule has 0 saturated carbocycles. The van der Waals surface area contributed by atoms with Crippen molar-refractivity contribution in [2.24, 2.45) is 0 Å². The summed E-state index contributed by atoms with van der Waals surface area (Å²) in [5.74, 6) is -0.0255. The molecule has 1 fully saturated rings. The van der Waals surface area contributed by atoms with Gasteiger partial charge in [0.15, 0.2) is 0 Å². The third kappa shape index (κ3) is 2.69. The minimum atomic E-state index is -3.18. The van der Waals surface area contributed by atoms with Gasteiger partial charge < -0.3 is 4.90 Å². The highest BCUT2D eigenvalue weighted by Crippen LogP contribution is 2.15. The number of fused-ring (bicyclic) bond motifs is 1. The number of carbonyl (C=O) groups is 1. The molecule has 2 heterocycles. The van der Waals surface area contributed by atoms with Gasteiger partial charge in [-0.2, -0.15) is 19.7 Å². The largest absolute Gasteiger partial charge is 0.336 e. The number of sulfonamides is 1. The Balaban J connectivity index is 1.71. The molecule has 9 heteroatoms. The molecule has 1 aromatic carbocycles. The van der Waals surface area contributed by atoms with Crippen LogP contribution < -0.4 is 0 Å². The fourth-order valence-corrected chi connectivity index (χ4v) is 3.59. The van der Waals surface area contributed by atoms with Crippen LogP contribution in [0.1, 0.15) is 17.3 Å². The molecule has 0 spiro atoms. The average molecular weight is 323 g/mol. The van der Waals surface area contributed by atoms with E-state index in [0.29, 0.717) is 42.8 Å². The van der Waals surface area contributed by atoms with Gasteiger partial charge in [-0.1, -0.05) is 0 Å². The highest BCUT2D eigenvalue weighted by molar-refractivity contribution is 7.89. The van der Waals surface area contributed by atoms with Gasteiger partial charge in [0.1, 0.15) is 11.0 Å². The molecule has 0 radical (unpaired) electrons.